The van der Waals surface area contributed by atoms with E-state index in [1.165, 1.54) is 13.3 Å². The van der Waals surface area contributed by atoms with Gasteiger partial charge in [0.05, 0.1) is 54.5 Å². The number of methoxy groups -OCH3 is 1. The van der Waals surface area contributed by atoms with Crippen LogP contribution < -0.4 is 16.5 Å². The summed E-state index contributed by atoms with van der Waals surface area (Å²) in [5.41, 5.74) is 9.13. The second kappa shape index (κ2) is 10.4. The second-order valence-electron chi connectivity index (χ2n) is 7.79. The number of hydrogen-bond donors (Lipinski definition) is 2. The zero-order valence-corrected chi connectivity index (χ0v) is 19.0. The van der Waals surface area contributed by atoms with E-state index in [0.717, 1.165) is 11.5 Å². The van der Waals surface area contributed by atoms with Crippen LogP contribution in [-0.4, -0.2) is 53.0 Å². The number of nitriles is 1. The van der Waals surface area contributed by atoms with Gasteiger partial charge < -0.3 is 21.2 Å². The number of aromatic nitrogens is 3. The average Bonchev–Trinajstić information content (AvgIpc) is 2.85. The number of nitrogens with two attached hydrogens (primary N) is 2. The van der Waals surface area contributed by atoms with E-state index >= 15 is 0 Å². The van der Waals surface area contributed by atoms with Gasteiger partial charge in [0, 0.05) is 18.7 Å². The van der Waals surface area contributed by atoms with E-state index in [0.29, 0.717) is 47.9 Å². The molecule has 4 N–H and O–H groups in total. The lowest BCUT2D eigenvalue weighted by Gasteiger charge is -2.38. The van der Waals surface area contributed by atoms with Gasteiger partial charge in [-0.3, -0.25) is 9.79 Å². The first kappa shape index (κ1) is 23.3. The molecule has 11 nitrogen and oxygen atoms in total. The lowest BCUT2D eigenvalue weighted by atomic mass is 10.0. The Kier molecular flexibility index (Phi) is 6.92. The van der Waals surface area contributed by atoms with Gasteiger partial charge >= 0.3 is 5.97 Å². The van der Waals surface area contributed by atoms with Crippen molar-refractivity contribution in [1.29, 1.82) is 5.26 Å². The number of rotatable bonds is 7. The Hall–Kier alpha value is -4.85. The summed E-state index contributed by atoms with van der Waals surface area (Å²) in [6, 6.07) is 16.4. The molecule has 176 valence electrons. The summed E-state index contributed by atoms with van der Waals surface area (Å²) in [4.78, 5) is 31.1. The summed E-state index contributed by atoms with van der Waals surface area (Å²) in [6.45, 7) is 1.44. The van der Waals surface area contributed by atoms with Crippen molar-refractivity contribution in [3.05, 3.63) is 65.5 Å². The topological polar surface area (TPSA) is 169 Å². The first-order valence-corrected chi connectivity index (χ1v) is 10.7. The number of carbonyl (C=O) groups excluding carboxylic acids is 1. The van der Waals surface area contributed by atoms with Crippen LogP contribution in [-0.2, 0) is 16.1 Å². The van der Waals surface area contributed by atoms with Crippen LogP contribution in [0.4, 0.5) is 11.8 Å². The number of benzene rings is 1. The molecule has 1 aromatic carbocycles. The number of hydrogen-bond acceptors (Lipinski definition) is 11. The molecule has 0 unspecified atom stereocenters. The number of aliphatic imine (C=N–C) groups is 1. The van der Waals surface area contributed by atoms with E-state index in [4.69, 9.17) is 21.6 Å². The van der Waals surface area contributed by atoms with Gasteiger partial charge in [0.1, 0.15) is 11.5 Å². The van der Waals surface area contributed by atoms with E-state index in [9.17, 15) is 4.79 Å². The van der Waals surface area contributed by atoms with Crippen molar-refractivity contribution in [2.75, 3.05) is 30.8 Å². The van der Waals surface area contributed by atoms with Crippen molar-refractivity contribution in [3.63, 3.8) is 0 Å². The van der Waals surface area contributed by atoms with Crippen LogP contribution in [0.5, 0.6) is 0 Å². The Balaban J connectivity index is 1.46. The number of ether oxygens (including phenoxy) is 1. The van der Waals surface area contributed by atoms with Crippen LogP contribution in [0.1, 0.15) is 17.0 Å². The quantitative estimate of drug-likeness (QED) is 0.225. The summed E-state index contributed by atoms with van der Waals surface area (Å²) in [7, 11) is 1.39. The minimum Gasteiger partial charge on any atom is -0.469 e. The highest BCUT2D eigenvalue weighted by Gasteiger charge is 2.34. The maximum atomic E-state index is 11.6. The third kappa shape index (κ3) is 5.39. The molecule has 4 rings (SSSR count). The molecular weight excluding hydrogens is 446 g/mol. The van der Waals surface area contributed by atoms with E-state index in [1.807, 2.05) is 29.2 Å². The third-order valence-electron chi connectivity index (χ3n) is 5.43. The van der Waals surface area contributed by atoms with Gasteiger partial charge in [-0.15, -0.1) is 0 Å². The maximum Gasteiger partial charge on any atom is 0.312 e. The average molecular weight is 470 g/mol. The molecule has 0 spiro atoms. The molecule has 0 radical (unpaired) electrons. The molecule has 35 heavy (non-hydrogen) atoms. The number of hydrazone groups is 1. The zero-order valence-electron chi connectivity index (χ0n) is 19.0. The molecule has 0 atom stereocenters. The summed E-state index contributed by atoms with van der Waals surface area (Å²) in [5.74, 6) is 6.09. The molecule has 3 aromatic rings. The summed E-state index contributed by atoms with van der Waals surface area (Å²) in [5, 5.41) is 13.0. The Labute approximate surface area is 201 Å². The standard InChI is InChI=1S/C24H23N9O2/c1-35-23(34)17-13-33(14-17)22-7-3-6-18(29-22)11-28-12-21(32-27)20-9-19(30-24(26)31-20)16-5-2-4-15(8-16)10-25/h2-9,12,17H,11,13-14,27H2,1H3,(H2,26,30,31). The minimum absolute atomic E-state index is 0.0450. The lowest BCUT2D eigenvalue weighted by Crippen LogP contribution is -2.51. The largest absolute Gasteiger partial charge is 0.469 e. The molecular formula is C24H23N9O2. The van der Waals surface area contributed by atoms with Crippen molar-refractivity contribution in [2.24, 2.45) is 21.9 Å². The molecule has 0 bridgehead atoms. The molecule has 0 aliphatic carbocycles. The lowest BCUT2D eigenvalue weighted by molar-refractivity contribution is -0.146. The van der Waals surface area contributed by atoms with Gasteiger partial charge in [0.25, 0.3) is 0 Å². The third-order valence-corrected chi connectivity index (χ3v) is 5.43. The second-order valence-corrected chi connectivity index (χ2v) is 7.79. The number of nitrogen functional groups attached to an aromatic ring is 1. The van der Waals surface area contributed by atoms with E-state index in [-0.39, 0.29) is 17.8 Å². The summed E-state index contributed by atoms with van der Waals surface area (Å²) in [6.07, 6.45) is 1.50. The van der Waals surface area contributed by atoms with Gasteiger partial charge in [-0.2, -0.15) is 10.4 Å². The predicted octanol–water partition coefficient (Wildman–Crippen LogP) is 1.54. The van der Waals surface area contributed by atoms with Gasteiger partial charge in [-0.25, -0.2) is 15.0 Å². The maximum absolute atomic E-state index is 11.6. The predicted molar refractivity (Wildman–Crippen MR) is 131 cm³/mol. The van der Waals surface area contributed by atoms with Gasteiger partial charge in [-0.1, -0.05) is 18.2 Å². The normalized spacial score (nSPS) is 13.9. The van der Waals surface area contributed by atoms with Crippen molar-refractivity contribution >= 4 is 29.7 Å². The molecule has 0 amide bonds. The van der Waals surface area contributed by atoms with Crippen LogP contribution in [0.25, 0.3) is 11.3 Å². The molecule has 1 aliphatic heterocycles. The fourth-order valence-electron chi connectivity index (χ4n) is 3.60. The van der Waals surface area contributed by atoms with Crippen molar-refractivity contribution in [2.45, 2.75) is 6.54 Å². The molecule has 11 heteroatoms. The van der Waals surface area contributed by atoms with E-state index < -0.39 is 0 Å². The van der Waals surface area contributed by atoms with E-state index in [2.05, 4.69) is 31.1 Å². The van der Waals surface area contributed by atoms with E-state index in [1.54, 1.807) is 24.3 Å². The molecule has 1 fully saturated rings. The molecule has 2 aromatic heterocycles. The Bertz CT molecular complexity index is 1340. The first-order valence-electron chi connectivity index (χ1n) is 10.7. The molecule has 1 aliphatic rings. The van der Waals surface area contributed by atoms with Crippen LogP contribution >= 0.6 is 0 Å². The number of carbonyl (C=O) groups is 1. The van der Waals surface area contributed by atoms with Crippen LogP contribution in [0, 0.1) is 17.2 Å². The van der Waals surface area contributed by atoms with Crippen molar-refractivity contribution < 1.29 is 9.53 Å². The number of pyridine rings is 1. The fraction of sp³-hybridized carbons (Fsp3) is 0.208. The first-order chi connectivity index (χ1) is 17.0. The van der Waals surface area contributed by atoms with Crippen molar-refractivity contribution in [3.8, 4) is 17.3 Å². The van der Waals surface area contributed by atoms with Crippen LogP contribution in [0.2, 0.25) is 0 Å². The highest BCUT2D eigenvalue weighted by Crippen LogP contribution is 2.24. The molecule has 0 saturated carbocycles. The van der Waals surface area contributed by atoms with Gasteiger partial charge in [0.2, 0.25) is 5.95 Å². The fourth-order valence-corrected chi connectivity index (χ4v) is 3.60. The minimum atomic E-state index is -0.207. The van der Waals surface area contributed by atoms with Crippen molar-refractivity contribution in [1.82, 2.24) is 15.0 Å². The SMILES string of the molecule is COC(=O)C1CN(c2cccc(CN=CC(=NN)c3cc(-c4cccc(C#N)c4)nc(N)n3)n2)C1. The smallest absolute Gasteiger partial charge is 0.312 e. The Morgan fingerprint density at radius 2 is 2.03 bits per heavy atom. The summed E-state index contributed by atoms with van der Waals surface area (Å²) < 4.78 is 4.78. The number of nitrogens with zero attached hydrogens (tertiary/aromatic N) is 7. The van der Waals surface area contributed by atoms with Gasteiger partial charge in [-0.05, 0) is 30.3 Å². The Morgan fingerprint density at radius 1 is 1.23 bits per heavy atom. The highest BCUT2D eigenvalue weighted by atomic mass is 16.5. The number of anilines is 2. The van der Waals surface area contributed by atoms with Crippen LogP contribution in [0.3, 0.4) is 0 Å². The number of esters is 1. The zero-order chi connectivity index (χ0) is 24.8. The molecule has 1 saturated heterocycles. The Morgan fingerprint density at radius 3 is 2.77 bits per heavy atom. The molecule has 3 heterocycles. The monoisotopic (exact) mass is 469 g/mol. The highest BCUT2D eigenvalue weighted by molar-refractivity contribution is 6.37. The van der Waals surface area contributed by atoms with Crippen LogP contribution in [0.15, 0.2) is 58.6 Å². The summed E-state index contributed by atoms with van der Waals surface area (Å²) >= 11 is 0. The van der Waals surface area contributed by atoms with Gasteiger partial charge in [0.15, 0.2) is 0 Å².